The van der Waals surface area contributed by atoms with Crippen molar-refractivity contribution in [2.24, 2.45) is 0 Å². The van der Waals surface area contributed by atoms with Gasteiger partial charge in [-0.15, -0.1) is 48.0 Å². The molecule has 239 valence electrons. The number of furan rings is 1. The molecule has 0 spiro atoms. The van der Waals surface area contributed by atoms with Crippen molar-refractivity contribution in [3.63, 3.8) is 0 Å². The first-order valence-electron chi connectivity index (χ1n) is 15.7. The van der Waals surface area contributed by atoms with E-state index in [1.54, 1.807) is 12.3 Å². The minimum absolute atomic E-state index is 0. The van der Waals surface area contributed by atoms with Gasteiger partial charge in [0.2, 0.25) is 0 Å². The molecule has 0 fully saturated rings. The number of rotatable bonds is 4. The molecule has 0 aliphatic rings. The number of aromatic nitrogens is 2. The molecule has 0 saturated carbocycles. The summed E-state index contributed by atoms with van der Waals surface area (Å²) in [6.45, 7) is 9.24. The number of hydrogen-bond acceptors (Lipinski definition) is 3. The summed E-state index contributed by atoms with van der Waals surface area (Å²) in [5, 5.41) is 4.69. The van der Waals surface area contributed by atoms with Crippen molar-refractivity contribution >= 4 is 46.0 Å². The summed E-state index contributed by atoms with van der Waals surface area (Å²) >= 11 is 0. The number of halogens is 1. The van der Waals surface area contributed by atoms with Crippen LogP contribution >= 0.6 is 0 Å². The molecule has 6 heteroatoms. The Kier molecular flexibility index (Phi) is 9.52. The predicted molar refractivity (Wildman–Crippen MR) is 195 cm³/mol. The molecule has 0 unspecified atom stereocenters. The van der Waals surface area contributed by atoms with E-state index in [1.165, 1.54) is 10.8 Å². The van der Waals surface area contributed by atoms with Crippen molar-refractivity contribution in [2.75, 3.05) is 0 Å². The monoisotopic (exact) mass is 821 g/mol. The van der Waals surface area contributed by atoms with E-state index in [0.29, 0.717) is 27.8 Å². The Morgan fingerprint density at radius 1 is 0.688 bits per heavy atom. The first-order chi connectivity index (χ1) is 22.8. The van der Waals surface area contributed by atoms with Crippen LogP contribution in [0.25, 0.3) is 66.4 Å². The van der Waals surface area contributed by atoms with Crippen LogP contribution in [0.3, 0.4) is 0 Å². The van der Waals surface area contributed by atoms with Crippen LogP contribution in [0.15, 0.2) is 132 Å². The molecule has 1 radical (unpaired) electrons. The fraction of sp³-hybridized carbons (Fsp3) is 0.0952. The van der Waals surface area contributed by atoms with E-state index >= 15 is 4.39 Å². The van der Waals surface area contributed by atoms with Gasteiger partial charge in [-0.3, -0.25) is 4.39 Å². The standard InChI is InChI=1S/C27H15FNO.C15H18NSi.Ir/c28-27-21(23-14-18-8-4-5-9-20(18)16-29-23)12-13-24-26(27)22-11-10-19(15-25(22)30-24)17-6-2-1-3-7-17;1-12-10-14(13-8-6-5-7-9-13)16-11-15(12)17(2,3)4;/h1-11,13-16H;5-8,10-11H,1-4H3;/q2*-1;. The van der Waals surface area contributed by atoms with Crippen molar-refractivity contribution in [2.45, 2.75) is 26.6 Å². The molecular formula is C42H33FIrN2OSi-2. The molecule has 8 rings (SSSR count). The van der Waals surface area contributed by atoms with E-state index < -0.39 is 8.07 Å². The Morgan fingerprint density at radius 3 is 2.15 bits per heavy atom. The molecule has 3 nitrogen and oxygen atoms in total. The molecule has 0 amide bonds. The van der Waals surface area contributed by atoms with E-state index in [4.69, 9.17) is 4.42 Å². The van der Waals surface area contributed by atoms with E-state index in [0.717, 1.165) is 38.5 Å². The van der Waals surface area contributed by atoms with Gasteiger partial charge in [0.1, 0.15) is 5.58 Å². The number of hydrogen-bond donors (Lipinski definition) is 0. The van der Waals surface area contributed by atoms with Crippen molar-refractivity contribution < 1.29 is 28.9 Å². The third-order valence-electron chi connectivity index (χ3n) is 8.40. The molecular weight excluding hydrogens is 788 g/mol. The Balaban J connectivity index is 0.000000191. The molecule has 5 aromatic carbocycles. The second-order valence-corrected chi connectivity index (χ2v) is 17.8. The fourth-order valence-electron chi connectivity index (χ4n) is 6.03. The van der Waals surface area contributed by atoms with Gasteiger partial charge in [-0.05, 0) is 56.9 Å². The zero-order valence-corrected chi connectivity index (χ0v) is 30.5. The predicted octanol–water partition coefficient (Wildman–Crippen LogP) is 10.8. The summed E-state index contributed by atoms with van der Waals surface area (Å²) in [7, 11) is -1.27. The van der Waals surface area contributed by atoms with Crippen LogP contribution < -0.4 is 5.19 Å². The van der Waals surface area contributed by atoms with Gasteiger partial charge in [0.05, 0.1) is 13.7 Å². The van der Waals surface area contributed by atoms with E-state index in [-0.39, 0.29) is 25.9 Å². The third-order valence-corrected chi connectivity index (χ3v) is 10.5. The van der Waals surface area contributed by atoms with Crippen LogP contribution in [0.5, 0.6) is 0 Å². The second-order valence-electron chi connectivity index (χ2n) is 12.7. The maximum Gasteiger partial charge on any atom is 0.121 e. The van der Waals surface area contributed by atoms with Gasteiger partial charge in [-0.25, -0.2) is 0 Å². The summed E-state index contributed by atoms with van der Waals surface area (Å²) in [4.78, 5) is 9.04. The van der Waals surface area contributed by atoms with Gasteiger partial charge in [0.15, 0.2) is 0 Å². The van der Waals surface area contributed by atoms with Crippen LogP contribution in [0.2, 0.25) is 19.6 Å². The molecule has 3 heterocycles. The smallest absolute Gasteiger partial charge is 0.121 e. The minimum Gasteiger partial charge on any atom is -0.500 e. The van der Waals surface area contributed by atoms with Gasteiger partial charge in [0.25, 0.3) is 0 Å². The number of aryl methyl sites for hydroxylation is 1. The van der Waals surface area contributed by atoms with Crippen molar-refractivity contribution in [1.29, 1.82) is 0 Å². The van der Waals surface area contributed by atoms with E-state index in [9.17, 15) is 0 Å². The summed E-state index contributed by atoms with van der Waals surface area (Å²) in [5.41, 5.74) is 7.61. The Hall–Kier alpha value is -4.74. The Morgan fingerprint density at radius 2 is 1.42 bits per heavy atom. The van der Waals surface area contributed by atoms with Crippen molar-refractivity contribution in [3.8, 4) is 33.6 Å². The fourth-order valence-corrected chi connectivity index (χ4v) is 7.73. The number of pyridine rings is 2. The molecule has 8 aromatic rings. The van der Waals surface area contributed by atoms with Gasteiger partial charge in [-0.2, -0.15) is 0 Å². The maximum absolute atomic E-state index is 15.6. The molecule has 0 saturated heterocycles. The minimum atomic E-state index is -1.27. The van der Waals surface area contributed by atoms with Crippen LogP contribution in [-0.2, 0) is 20.1 Å². The molecule has 0 aliphatic heterocycles. The Labute approximate surface area is 294 Å². The third kappa shape index (κ3) is 6.65. The number of benzene rings is 5. The zero-order valence-electron chi connectivity index (χ0n) is 27.1. The molecule has 0 atom stereocenters. The largest absolute Gasteiger partial charge is 0.500 e. The van der Waals surface area contributed by atoms with Crippen LogP contribution in [0, 0.1) is 24.9 Å². The van der Waals surface area contributed by atoms with E-state index in [2.05, 4.69) is 67.0 Å². The second kappa shape index (κ2) is 13.8. The van der Waals surface area contributed by atoms with Crippen LogP contribution in [-0.4, -0.2) is 18.0 Å². The average molecular weight is 821 g/mol. The molecule has 0 aliphatic carbocycles. The quantitative estimate of drug-likeness (QED) is 0.131. The van der Waals surface area contributed by atoms with Gasteiger partial charge in [0, 0.05) is 43.7 Å². The van der Waals surface area contributed by atoms with Crippen molar-refractivity contribution in [3.05, 3.63) is 151 Å². The van der Waals surface area contributed by atoms with Crippen LogP contribution in [0.4, 0.5) is 4.39 Å². The molecule has 48 heavy (non-hydrogen) atoms. The van der Waals surface area contributed by atoms with Gasteiger partial charge in [-0.1, -0.05) is 110 Å². The van der Waals surface area contributed by atoms with Crippen LogP contribution in [0.1, 0.15) is 5.56 Å². The van der Waals surface area contributed by atoms with Crippen molar-refractivity contribution in [1.82, 2.24) is 9.97 Å². The first kappa shape index (κ1) is 33.2. The summed E-state index contributed by atoms with van der Waals surface area (Å²) in [6, 6.07) is 43.9. The average Bonchev–Trinajstić information content (AvgIpc) is 3.47. The SMILES string of the molecule is Cc1cc(-c2[c-]cccc2)ncc1[Si](C)(C)C.Fc1c(-c2cc3ccccc3cn2)[c-]cc2oc3cc(-c4ccccc4)ccc3c12.[Ir]. The first-order valence-corrected chi connectivity index (χ1v) is 19.2. The zero-order chi connectivity index (χ0) is 32.5. The number of fused-ring (bicyclic) bond motifs is 4. The summed E-state index contributed by atoms with van der Waals surface area (Å²) < 4.78 is 21.6. The molecule has 0 bridgehead atoms. The molecule has 3 aromatic heterocycles. The maximum atomic E-state index is 15.6. The molecule has 0 N–H and O–H groups in total. The van der Waals surface area contributed by atoms with E-state index in [1.807, 2.05) is 97.1 Å². The number of nitrogens with zero attached hydrogens (tertiary/aromatic N) is 2. The Bertz CT molecular complexity index is 2370. The summed E-state index contributed by atoms with van der Waals surface area (Å²) in [6.07, 6.45) is 3.82. The normalized spacial score (nSPS) is 11.3. The van der Waals surface area contributed by atoms with Gasteiger partial charge < -0.3 is 14.4 Å². The summed E-state index contributed by atoms with van der Waals surface area (Å²) in [5.74, 6) is -0.360. The topological polar surface area (TPSA) is 38.9 Å². The van der Waals surface area contributed by atoms with Gasteiger partial charge >= 0.3 is 0 Å².